The van der Waals surface area contributed by atoms with Crippen LogP contribution in [-0.2, 0) is 0 Å². The maximum absolute atomic E-state index is 3.75. The summed E-state index contributed by atoms with van der Waals surface area (Å²) >= 11 is 0. The van der Waals surface area contributed by atoms with Gasteiger partial charge in [0.05, 0.1) is 0 Å². The van der Waals surface area contributed by atoms with E-state index in [2.05, 4.69) is 55.4 Å². The highest BCUT2D eigenvalue weighted by Crippen LogP contribution is 2.42. The molecule has 2 saturated heterocycles. The van der Waals surface area contributed by atoms with E-state index in [-0.39, 0.29) is 0 Å². The van der Waals surface area contributed by atoms with Gasteiger partial charge in [0.1, 0.15) is 0 Å². The minimum atomic E-state index is 0.539. The number of hydrogen-bond acceptors (Lipinski definition) is 2. The van der Waals surface area contributed by atoms with Crippen LogP contribution in [0.2, 0.25) is 0 Å². The zero-order chi connectivity index (χ0) is 14.1. The summed E-state index contributed by atoms with van der Waals surface area (Å²) in [5.41, 5.74) is 2.83. The first-order valence-corrected chi connectivity index (χ1v) is 8.21. The van der Waals surface area contributed by atoms with Crippen molar-refractivity contribution in [2.45, 2.75) is 57.7 Å². The number of nitrogens with one attached hydrogen (secondary N) is 1. The highest BCUT2D eigenvalue weighted by atomic mass is 15.2. The van der Waals surface area contributed by atoms with E-state index >= 15 is 0 Å². The molecule has 0 radical (unpaired) electrons. The second kappa shape index (κ2) is 5.87. The molecule has 0 aliphatic carbocycles. The van der Waals surface area contributed by atoms with Gasteiger partial charge in [0.2, 0.25) is 0 Å². The number of piperidine rings is 1. The largest absolute Gasteiger partial charge is 0.310 e. The lowest BCUT2D eigenvalue weighted by atomic mass is 9.82. The van der Waals surface area contributed by atoms with E-state index in [0.717, 1.165) is 24.5 Å². The van der Waals surface area contributed by atoms with Crippen LogP contribution < -0.4 is 5.32 Å². The Hall–Kier alpha value is -0.860. The van der Waals surface area contributed by atoms with Crippen molar-refractivity contribution in [3.05, 3.63) is 35.4 Å². The molecule has 110 valence electrons. The number of hydrogen-bond donors (Lipinski definition) is 1. The van der Waals surface area contributed by atoms with Crippen LogP contribution in [0.5, 0.6) is 0 Å². The van der Waals surface area contributed by atoms with E-state index in [9.17, 15) is 0 Å². The second-order valence-corrected chi connectivity index (χ2v) is 6.73. The molecule has 1 N–H and O–H groups in total. The SMILES string of the molecule is CCNC(c1ccc(C)cc1)C1CC2CCC(C1)N2C. The Balaban J connectivity index is 1.79. The molecule has 2 heterocycles. The lowest BCUT2D eigenvalue weighted by molar-refractivity contribution is 0.113. The third-order valence-electron chi connectivity index (χ3n) is 5.47. The molecule has 0 saturated carbocycles. The third kappa shape index (κ3) is 2.64. The molecule has 1 aromatic rings. The molecule has 20 heavy (non-hydrogen) atoms. The molecular formula is C18H28N2. The van der Waals surface area contributed by atoms with Crippen LogP contribution in [0.3, 0.4) is 0 Å². The van der Waals surface area contributed by atoms with Crippen LogP contribution in [0.4, 0.5) is 0 Å². The summed E-state index contributed by atoms with van der Waals surface area (Å²) in [5, 5.41) is 3.75. The Bertz CT molecular complexity index is 425. The predicted octanol–water partition coefficient (Wildman–Crippen LogP) is 3.52. The van der Waals surface area contributed by atoms with Gasteiger partial charge < -0.3 is 10.2 Å². The highest BCUT2D eigenvalue weighted by molar-refractivity contribution is 5.25. The van der Waals surface area contributed by atoms with E-state index in [0.29, 0.717) is 6.04 Å². The topological polar surface area (TPSA) is 15.3 Å². The fourth-order valence-corrected chi connectivity index (χ4v) is 4.28. The van der Waals surface area contributed by atoms with Crippen molar-refractivity contribution in [1.82, 2.24) is 10.2 Å². The molecule has 2 heteroatoms. The first-order valence-electron chi connectivity index (χ1n) is 8.21. The monoisotopic (exact) mass is 272 g/mol. The Morgan fingerprint density at radius 2 is 1.75 bits per heavy atom. The van der Waals surface area contributed by atoms with Crippen molar-refractivity contribution in [1.29, 1.82) is 0 Å². The van der Waals surface area contributed by atoms with Crippen LogP contribution in [0.25, 0.3) is 0 Å². The fraction of sp³-hybridized carbons (Fsp3) is 0.667. The van der Waals surface area contributed by atoms with Crippen molar-refractivity contribution in [2.24, 2.45) is 5.92 Å². The van der Waals surface area contributed by atoms with E-state index in [1.165, 1.54) is 36.8 Å². The number of rotatable bonds is 4. The van der Waals surface area contributed by atoms with Gasteiger partial charge in [-0.25, -0.2) is 0 Å². The maximum atomic E-state index is 3.75. The van der Waals surface area contributed by atoms with Crippen LogP contribution in [0.1, 0.15) is 49.8 Å². The summed E-state index contributed by atoms with van der Waals surface area (Å²) in [6, 6.07) is 11.3. The zero-order valence-corrected chi connectivity index (χ0v) is 13.1. The number of fused-ring (bicyclic) bond motifs is 2. The van der Waals surface area contributed by atoms with Gasteiger partial charge in [0.15, 0.2) is 0 Å². The third-order valence-corrected chi connectivity index (χ3v) is 5.47. The molecule has 2 aliphatic heterocycles. The summed E-state index contributed by atoms with van der Waals surface area (Å²) in [7, 11) is 2.33. The van der Waals surface area contributed by atoms with Gasteiger partial charge in [-0.05, 0) is 57.7 Å². The average molecular weight is 272 g/mol. The number of aryl methyl sites for hydroxylation is 1. The number of benzene rings is 1. The van der Waals surface area contributed by atoms with Gasteiger partial charge in [-0.1, -0.05) is 36.8 Å². The fourth-order valence-electron chi connectivity index (χ4n) is 4.28. The van der Waals surface area contributed by atoms with Crippen molar-refractivity contribution >= 4 is 0 Å². The minimum absolute atomic E-state index is 0.539. The standard InChI is InChI=1S/C18H28N2/c1-4-19-18(14-7-5-13(2)6-8-14)15-11-16-9-10-17(12-15)20(16)3/h5-8,15-19H,4,9-12H2,1-3H3. The van der Waals surface area contributed by atoms with Crippen LogP contribution in [0.15, 0.2) is 24.3 Å². The van der Waals surface area contributed by atoms with E-state index < -0.39 is 0 Å². The Labute approximate surface area is 123 Å². The summed E-state index contributed by atoms with van der Waals surface area (Å²) in [6.45, 7) is 5.45. The molecule has 3 rings (SSSR count). The molecule has 3 atom stereocenters. The quantitative estimate of drug-likeness (QED) is 0.902. The van der Waals surface area contributed by atoms with Gasteiger partial charge in [0, 0.05) is 18.1 Å². The molecule has 2 aliphatic rings. The summed E-state index contributed by atoms with van der Waals surface area (Å²) in [6.07, 6.45) is 5.53. The maximum Gasteiger partial charge on any atom is 0.0349 e. The molecule has 3 unspecified atom stereocenters. The molecule has 2 bridgehead atoms. The van der Waals surface area contributed by atoms with Crippen molar-refractivity contribution < 1.29 is 0 Å². The molecular weight excluding hydrogens is 244 g/mol. The number of nitrogens with zero attached hydrogens (tertiary/aromatic N) is 1. The minimum Gasteiger partial charge on any atom is -0.310 e. The molecule has 2 fully saturated rings. The van der Waals surface area contributed by atoms with Crippen molar-refractivity contribution in [3.63, 3.8) is 0 Å². The Morgan fingerprint density at radius 3 is 2.30 bits per heavy atom. The van der Waals surface area contributed by atoms with Crippen LogP contribution >= 0.6 is 0 Å². The van der Waals surface area contributed by atoms with Gasteiger partial charge in [-0.15, -0.1) is 0 Å². The Kier molecular flexibility index (Phi) is 4.13. The van der Waals surface area contributed by atoms with E-state index in [1.54, 1.807) is 0 Å². The second-order valence-electron chi connectivity index (χ2n) is 6.73. The van der Waals surface area contributed by atoms with Crippen molar-refractivity contribution in [2.75, 3.05) is 13.6 Å². The summed E-state index contributed by atoms with van der Waals surface area (Å²) < 4.78 is 0. The van der Waals surface area contributed by atoms with Gasteiger partial charge in [-0.3, -0.25) is 0 Å². The lowest BCUT2D eigenvalue weighted by Crippen LogP contribution is -2.43. The molecule has 0 aromatic heterocycles. The van der Waals surface area contributed by atoms with Gasteiger partial charge in [0.25, 0.3) is 0 Å². The predicted molar refractivity (Wildman–Crippen MR) is 84.9 cm³/mol. The molecule has 2 nitrogen and oxygen atoms in total. The molecule has 0 spiro atoms. The molecule has 0 amide bonds. The Morgan fingerprint density at radius 1 is 1.15 bits per heavy atom. The van der Waals surface area contributed by atoms with Crippen LogP contribution in [-0.4, -0.2) is 30.6 Å². The van der Waals surface area contributed by atoms with E-state index in [4.69, 9.17) is 0 Å². The average Bonchev–Trinajstić information content (AvgIpc) is 2.67. The zero-order valence-electron chi connectivity index (χ0n) is 13.1. The first-order chi connectivity index (χ1) is 9.69. The van der Waals surface area contributed by atoms with E-state index in [1.807, 2.05) is 0 Å². The summed E-state index contributed by atoms with van der Waals surface area (Å²) in [5.74, 6) is 0.798. The lowest BCUT2D eigenvalue weighted by Gasteiger charge is -2.40. The van der Waals surface area contributed by atoms with Crippen LogP contribution in [0, 0.1) is 12.8 Å². The smallest absolute Gasteiger partial charge is 0.0349 e. The first kappa shape index (κ1) is 14.1. The molecule has 1 aromatic carbocycles. The summed E-state index contributed by atoms with van der Waals surface area (Å²) in [4.78, 5) is 2.63. The highest BCUT2D eigenvalue weighted by Gasteiger charge is 2.41. The normalized spacial score (nSPS) is 31.4. The van der Waals surface area contributed by atoms with Crippen molar-refractivity contribution in [3.8, 4) is 0 Å². The van der Waals surface area contributed by atoms with Gasteiger partial charge in [-0.2, -0.15) is 0 Å². The van der Waals surface area contributed by atoms with Gasteiger partial charge >= 0.3 is 0 Å².